The second-order valence-corrected chi connectivity index (χ2v) is 10.3. The first kappa shape index (κ1) is 25.4. The lowest BCUT2D eigenvalue weighted by Gasteiger charge is -2.20. The first-order chi connectivity index (χ1) is 16.1. The van der Waals surface area contributed by atoms with Crippen molar-refractivity contribution in [1.82, 2.24) is 9.62 Å². The van der Waals surface area contributed by atoms with Crippen LogP contribution in [0.5, 0.6) is 0 Å². The SMILES string of the molecule is CCCNS(=O)(=O)c1ccc(NC(=O)c2ccc(NC(=O)C3CC(=O)N(C(C)C)C3)cc2)cc1. The number of likely N-dealkylation sites (tertiary alicyclic amines) is 1. The Hall–Kier alpha value is -3.24. The van der Waals surface area contributed by atoms with Crippen LogP contribution in [0.3, 0.4) is 0 Å². The van der Waals surface area contributed by atoms with Gasteiger partial charge < -0.3 is 15.5 Å². The molecular weight excluding hydrogens is 456 g/mol. The molecule has 0 bridgehead atoms. The van der Waals surface area contributed by atoms with Crippen LogP contribution in [-0.2, 0) is 19.6 Å². The molecule has 2 aromatic rings. The summed E-state index contributed by atoms with van der Waals surface area (Å²) >= 11 is 0. The number of nitrogens with one attached hydrogen (secondary N) is 3. The average molecular weight is 487 g/mol. The number of nitrogens with zero attached hydrogens (tertiary/aromatic N) is 1. The van der Waals surface area contributed by atoms with Crippen LogP contribution in [0, 0.1) is 5.92 Å². The third-order valence-corrected chi connectivity index (χ3v) is 7.01. The normalized spacial score (nSPS) is 16.1. The predicted molar refractivity (Wildman–Crippen MR) is 130 cm³/mol. The summed E-state index contributed by atoms with van der Waals surface area (Å²) in [6, 6.07) is 12.4. The summed E-state index contributed by atoms with van der Waals surface area (Å²) in [7, 11) is -3.57. The third-order valence-electron chi connectivity index (χ3n) is 5.53. The second-order valence-electron chi connectivity index (χ2n) is 8.48. The molecule has 10 heteroatoms. The molecule has 1 unspecified atom stereocenters. The zero-order valence-corrected chi connectivity index (χ0v) is 20.3. The van der Waals surface area contributed by atoms with Crippen molar-refractivity contribution in [3.8, 4) is 0 Å². The third kappa shape index (κ3) is 6.21. The van der Waals surface area contributed by atoms with Gasteiger partial charge in [0.2, 0.25) is 21.8 Å². The molecule has 1 fully saturated rings. The van der Waals surface area contributed by atoms with Crippen LogP contribution in [0.2, 0.25) is 0 Å². The highest BCUT2D eigenvalue weighted by Gasteiger charge is 2.35. The van der Waals surface area contributed by atoms with Crippen LogP contribution in [0.15, 0.2) is 53.4 Å². The summed E-state index contributed by atoms with van der Waals surface area (Å²) in [6.07, 6.45) is 0.881. The monoisotopic (exact) mass is 486 g/mol. The molecule has 3 amide bonds. The van der Waals surface area contributed by atoms with Crippen LogP contribution in [0.25, 0.3) is 0 Å². The number of carbonyl (C=O) groups excluding carboxylic acids is 3. The molecule has 0 saturated carbocycles. The van der Waals surface area contributed by atoms with Crippen molar-refractivity contribution in [2.75, 3.05) is 23.7 Å². The van der Waals surface area contributed by atoms with E-state index in [0.29, 0.717) is 36.4 Å². The summed E-state index contributed by atoms with van der Waals surface area (Å²) in [4.78, 5) is 38.9. The maximum Gasteiger partial charge on any atom is 0.255 e. The Morgan fingerprint density at radius 3 is 2.15 bits per heavy atom. The highest BCUT2D eigenvalue weighted by atomic mass is 32.2. The molecular formula is C24H30N4O5S. The molecule has 0 radical (unpaired) electrons. The van der Waals surface area contributed by atoms with E-state index in [9.17, 15) is 22.8 Å². The van der Waals surface area contributed by atoms with Crippen LogP contribution >= 0.6 is 0 Å². The Bertz CT molecular complexity index is 1140. The van der Waals surface area contributed by atoms with E-state index in [1.807, 2.05) is 20.8 Å². The molecule has 0 spiro atoms. The summed E-state index contributed by atoms with van der Waals surface area (Å²) in [5, 5.41) is 5.52. The molecule has 182 valence electrons. The van der Waals surface area contributed by atoms with Gasteiger partial charge in [0.15, 0.2) is 0 Å². The average Bonchev–Trinajstić information content (AvgIpc) is 3.20. The Balaban J connectivity index is 1.57. The van der Waals surface area contributed by atoms with Gasteiger partial charge in [0, 0.05) is 42.5 Å². The van der Waals surface area contributed by atoms with Crippen molar-refractivity contribution in [2.45, 2.75) is 44.6 Å². The van der Waals surface area contributed by atoms with Gasteiger partial charge in [0.05, 0.1) is 10.8 Å². The number of carbonyl (C=O) groups is 3. The topological polar surface area (TPSA) is 125 Å². The van der Waals surface area contributed by atoms with Gasteiger partial charge in [-0.1, -0.05) is 6.92 Å². The molecule has 1 saturated heterocycles. The van der Waals surface area contributed by atoms with Gasteiger partial charge in [-0.05, 0) is 68.8 Å². The summed E-state index contributed by atoms with van der Waals surface area (Å²) in [6.45, 7) is 6.47. The lowest BCUT2D eigenvalue weighted by Crippen LogP contribution is -2.33. The van der Waals surface area contributed by atoms with E-state index < -0.39 is 15.9 Å². The summed E-state index contributed by atoms with van der Waals surface area (Å²) in [5.41, 5.74) is 1.37. The number of rotatable bonds is 9. The van der Waals surface area contributed by atoms with Crippen molar-refractivity contribution in [1.29, 1.82) is 0 Å². The number of hydrogen-bond donors (Lipinski definition) is 3. The maximum absolute atomic E-state index is 12.5. The number of amides is 3. The smallest absolute Gasteiger partial charge is 0.255 e. The second kappa shape index (κ2) is 10.8. The lowest BCUT2D eigenvalue weighted by molar-refractivity contribution is -0.129. The molecule has 3 rings (SSSR count). The molecule has 0 aromatic heterocycles. The summed E-state index contributed by atoms with van der Waals surface area (Å²) < 4.78 is 26.8. The molecule has 1 aliphatic rings. The van der Waals surface area contributed by atoms with E-state index in [1.54, 1.807) is 29.2 Å². The van der Waals surface area contributed by atoms with Gasteiger partial charge in [0.1, 0.15) is 0 Å². The van der Waals surface area contributed by atoms with E-state index in [4.69, 9.17) is 0 Å². The zero-order valence-electron chi connectivity index (χ0n) is 19.5. The largest absolute Gasteiger partial charge is 0.339 e. The Labute approximate surface area is 200 Å². The van der Waals surface area contributed by atoms with E-state index in [1.165, 1.54) is 24.3 Å². The minimum absolute atomic E-state index is 0.0231. The predicted octanol–water partition coefficient (Wildman–Crippen LogP) is 2.82. The maximum atomic E-state index is 12.5. The molecule has 0 aliphatic carbocycles. The standard InChI is InChI=1S/C24H30N4O5S/c1-4-13-25-34(32,33)21-11-9-20(10-12-21)26-23(30)17-5-7-19(8-6-17)27-24(31)18-14-22(29)28(15-18)16(2)3/h5-12,16,18,25H,4,13-15H2,1-3H3,(H,26,30)(H,27,31). The minimum Gasteiger partial charge on any atom is -0.339 e. The fourth-order valence-corrected chi connectivity index (χ4v) is 4.73. The molecule has 3 N–H and O–H groups in total. The fourth-order valence-electron chi connectivity index (χ4n) is 3.60. The van der Waals surface area contributed by atoms with E-state index in [2.05, 4.69) is 15.4 Å². The van der Waals surface area contributed by atoms with Crippen molar-refractivity contribution in [2.24, 2.45) is 5.92 Å². The molecule has 34 heavy (non-hydrogen) atoms. The van der Waals surface area contributed by atoms with Gasteiger partial charge >= 0.3 is 0 Å². The van der Waals surface area contributed by atoms with Crippen molar-refractivity contribution < 1.29 is 22.8 Å². The van der Waals surface area contributed by atoms with Gasteiger partial charge in [-0.25, -0.2) is 13.1 Å². The number of benzene rings is 2. The van der Waals surface area contributed by atoms with Gasteiger partial charge in [0.25, 0.3) is 5.91 Å². The zero-order chi connectivity index (χ0) is 24.9. The van der Waals surface area contributed by atoms with Crippen LogP contribution in [0.4, 0.5) is 11.4 Å². The van der Waals surface area contributed by atoms with Gasteiger partial charge in [-0.15, -0.1) is 0 Å². The molecule has 1 aliphatic heterocycles. The van der Waals surface area contributed by atoms with Crippen molar-refractivity contribution in [3.63, 3.8) is 0 Å². The quantitative estimate of drug-likeness (QED) is 0.503. The molecule has 2 aromatic carbocycles. The van der Waals surface area contributed by atoms with Crippen molar-refractivity contribution in [3.05, 3.63) is 54.1 Å². The lowest BCUT2D eigenvalue weighted by atomic mass is 10.1. The highest BCUT2D eigenvalue weighted by Crippen LogP contribution is 2.22. The van der Waals surface area contributed by atoms with Crippen molar-refractivity contribution >= 4 is 39.1 Å². The first-order valence-electron chi connectivity index (χ1n) is 11.2. The first-order valence-corrected chi connectivity index (χ1v) is 12.7. The van der Waals surface area contributed by atoms with E-state index in [0.717, 1.165) is 0 Å². The summed E-state index contributed by atoms with van der Waals surface area (Å²) in [5.74, 6) is -1.02. The van der Waals surface area contributed by atoms with Gasteiger partial charge in [-0.2, -0.15) is 0 Å². The van der Waals surface area contributed by atoms with Crippen LogP contribution in [-0.4, -0.2) is 50.2 Å². The Morgan fingerprint density at radius 2 is 1.59 bits per heavy atom. The van der Waals surface area contributed by atoms with Crippen LogP contribution in [0.1, 0.15) is 44.0 Å². The number of hydrogen-bond acceptors (Lipinski definition) is 5. The molecule has 9 nitrogen and oxygen atoms in total. The molecule has 1 heterocycles. The molecule has 1 atom stereocenters. The highest BCUT2D eigenvalue weighted by molar-refractivity contribution is 7.89. The Morgan fingerprint density at radius 1 is 1.00 bits per heavy atom. The van der Waals surface area contributed by atoms with E-state index >= 15 is 0 Å². The van der Waals surface area contributed by atoms with Crippen LogP contribution < -0.4 is 15.4 Å². The number of sulfonamides is 1. The van der Waals surface area contributed by atoms with E-state index in [-0.39, 0.29) is 35.1 Å². The minimum atomic E-state index is -3.57. The fraction of sp³-hybridized carbons (Fsp3) is 0.375. The van der Waals surface area contributed by atoms with Gasteiger partial charge in [-0.3, -0.25) is 14.4 Å². The number of anilines is 2. The Kier molecular flexibility index (Phi) is 8.06.